The van der Waals surface area contributed by atoms with Crippen molar-refractivity contribution in [3.8, 4) is 5.75 Å². The predicted molar refractivity (Wildman–Crippen MR) is 96.6 cm³/mol. The van der Waals surface area contributed by atoms with E-state index in [1.54, 1.807) is 13.2 Å². The third kappa shape index (κ3) is 4.36. The average Bonchev–Trinajstić information content (AvgIpc) is 3.03. The fourth-order valence-corrected chi connectivity index (χ4v) is 2.56. The number of fused-ring (bicyclic) bond motifs is 1. The highest BCUT2D eigenvalue weighted by Gasteiger charge is 2.14. The summed E-state index contributed by atoms with van der Waals surface area (Å²) in [5, 5.41) is 2.88. The Kier molecular flexibility index (Phi) is 5.30. The van der Waals surface area contributed by atoms with Crippen LogP contribution in [0.3, 0.4) is 0 Å². The van der Waals surface area contributed by atoms with Crippen LogP contribution < -0.4 is 10.1 Å². The van der Waals surface area contributed by atoms with Gasteiger partial charge < -0.3 is 14.5 Å². The first-order valence-corrected chi connectivity index (χ1v) is 8.18. The first-order valence-electron chi connectivity index (χ1n) is 8.18. The Balaban J connectivity index is 1.61. The van der Waals surface area contributed by atoms with Crippen LogP contribution in [0, 0.1) is 0 Å². The number of benzene rings is 2. The minimum Gasteiger partial charge on any atom is -0.497 e. The Morgan fingerprint density at radius 1 is 1.24 bits per heavy atom. The molecule has 1 heterocycles. The van der Waals surface area contributed by atoms with Gasteiger partial charge in [-0.2, -0.15) is 0 Å². The zero-order chi connectivity index (χ0) is 17.6. The summed E-state index contributed by atoms with van der Waals surface area (Å²) in [4.78, 5) is 18.7. The molecule has 1 amide bonds. The zero-order valence-corrected chi connectivity index (χ0v) is 14.4. The smallest absolute Gasteiger partial charge is 0.238 e. The lowest BCUT2D eigenvalue weighted by Crippen LogP contribution is -2.32. The fourth-order valence-electron chi connectivity index (χ4n) is 2.56. The molecule has 6 heteroatoms. The molecular weight excluding hydrogens is 318 g/mol. The fraction of sp³-hybridized carbons (Fsp3) is 0.263. The number of ether oxygens (including phenoxy) is 1. The number of amides is 1. The molecule has 2 aromatic carbocycles. The second-order valence-corrected chi connectivity index (χ2v) is 5.66. The maximum absolute atomic E-state index is 12.3. The third-order valence-electron chi connectivity index (χ3n) is 3.86. The number of rotatable bonds is 7. The number of para-hydroxylation sites is 2. The standard InChI is InChI=1S/C19H21N3O3/c1-3-22(13-19-21-16-9-4-5-10-17(16)25-19)12-18(23)20-14-7-6-8-15(11-14)24-2/h4-11H,3,12-13H2,1-2H3,(H,20,23). The quantitative estimate of drug-likeness (QED) is 0.715. The second-order valence-electron chi connectivity index (χ2n) is 5.66. The molecule has 0 unspecified atom stereocenters. The number of methoxy groups -OCH3 is 1. The summed E-state index contributed by atoms with van der Waals surface area (Å²) in [5.74, 6) is 1.22. The van der Waals surface area contributed by atoms with Crippen LogP contribution in [0.4, 0.5) is 5.69 Å². The minimum absolute atomic E-state index is 0.0915. The van der Waals surface area contributed by atoms with Crippen molar-refractivity contribution in [1.82, 2.24) is 9.88 Å². The van der Waals surface area contributed by atoms with E-state index in [0.717, 1.165) is 11.1 Å². The molecule has 3 rings (SSSR count). The summed E-state index contributed by atoms with van der Waals surface area (Å²) in [6.45, 7) is 3.45. The molecule has 0 saturated heterocycles. The lowest BCUT2D eigenvalue weighted by molar-refractivity contribution is -0.117. The van der Waals surface area contributed by atoms with E-state index in [1.807, 2.05) is 54.3 Å². The van der Waals surface area contributed by atoms with E-state index < -0.39 is 0 Å². The highest BCUT2D eigenvalue weighted by atomic mass is 16.5. The monoisotopic (exact) mass is 339 g/mol. The van der Waals surface area contributed by atoms with Crippen LogP contribution in [0.2, 0.25) is 0 Å². The van der Waals surface area contributed by atoms with E-state index in [0.29, 0.717) is 30.4 Å². The van der Waals surface area contributed by atoms with Gasteiger partial charge in [-0.3, -0.25) is 9.69 Å². The molecule has 0 fully saturated rings. The Morgan fingerprint density at radius 3 is 2.84 bits per heavy atom. The molecule has 3 aromatic rings. The zero-order valence-electron chi connectivity index (χ0n) is 14.4. The van der Waals surface area contributed by atoms with Crippen molar-refractivity contribution in [3.05, 3.63) is 54.4 Å². The molecule has 0 spiro atoms. The van der Waals surface area contributed by atoms with Gasteiger partial charge in [-0.15, -0.1) is 0 Å². The summed E-state index contributed by atoms with van der Waals surface area (Å²) in [6.07, 6.45) is 0. The lowest BCUT2D eigenvalue weighted by Gasteiger charge is -2.18. The third-order valence-corrected chi connectivity index (χ3v) is 3.86. The van der Waals surface area contributed by atoms with Gasteiger partial charge in [0.15, 0.2) is 5.58 Å². The number of nitrogens with one attached hydrogen (secondary N) is 1. The Bertz CT molecular complexity index is 827. The number of hydrogen-bond donors (Lipinski definition) is 1. The van der Waals surface area contributed by atoms with Crippen molar-refractivity contribution >= 4 is 22.7 Å². The Hall–Kier alpha value is -2.86. The molecule has 1 aromatic heterocycles. The van der Waals surface area contributed by atoms with E-state index in [4.69, 9.17) is 9.15 Å². The predicted octanol–water partition coefficient (Wildman–Crippen LogP) is 3.30. The van der Waals surface area contributed by atoms with E-state index in [2.05, 4.69) is 10.3 Å². The van der Waals surface area contributed by atoms with Gasteiger partial charge in [0.25, 0.3) is 0 Å². The molecule has 0 aliphatic heterocycles. The SMILES string of the molecule is CCN(CC(=O)Nc1cccc(OC)c1)Cc1nc2ccccc2o1. The van der Waals surface area contributed by atoms with Crippen LogP contribution in [0.1, 0.15) is 12.8 Å². The van der Waals surface area contributed by atoms with Crippen molar-refractivity contribution < 1.29 is 13.9 Å². The largest absolute Gasteiger partial charge is 0.497 e. The number of carbonyl (C=O) groups is 1. The molecule has 0 bridgehead atoms. The van der Waals surface area contributed by atoms with Crippen LogP contribution in [-0.4, -0.2) is 36.0 Å². The van der Waals surface area contributed by atoms with Crippen LogP contribution >= 0.6 is 0 Å². The van der Waals surface area contributed by atoms with Gasteiger partial charge >= 0.3 is 0 Å². The number of likely N-dealkylation sites (N-methyl/N-ethyl adjacent to an activating group) is 1. The summed E-state index contributed by atoms with van der Waals surface area (Å²) in [7, 11) is 1.60. The number of nitrogens with zero attached hydrogens (tertiary/aromatic N) is 2. The summed E-state index contributed by atoms with van der Waals surface area (Å²) >= 11 is 0. The molecular formula is C19H21N3O3. The number of anilines is 1. The summed E-state index contributed by atoms with van der Waals surface area (Å²) in [5.41, 5.74) is 2.30. The van der Waals surface area contributed by atoms with Crippen LogP contribution in [-0.2, 0) is 11.3 Å². The molecule has 6 nitrogen and oxygen atoms in total. The van der Waals surface area contributed by atoms with Crippen molar-refractivity contribution in [2.75, 3.05) is 25.5 Å². The normalized spacial score (nSPS) is 11.0. The van der Waals surface area contributed by atoms with Crippen molar-refractivity contribution in [2.24, 2.45) is 0 Å². The van der Waals surface area contributed by atoms with Crippen molar-refractivity contribution in [2.45, 2.75) is 13.5 Å². The Morgan fingerprint density at radius 2 is 2.08 bits per heavy atom. The maximum atomic E-state index is 12.3. The molecule has 25 heavy (non-hydrogen) atoms. The molecule has 0 aliphatic rings. The molecule has 0 aliphatic carbocycles. The first-order chi connectivity index (χ1) is 12.2. The molecule has 0 radical (unpaired) electrons. The van der Waals surface area contributed by atoms with Crippen LogP contribution in [0.15, 0.2) is 52.9 Å². The highest BCUT2D eigenvalue weighted by Crippen LogP contribution is 2.18. The van der Waals surface area contributed by atoms with Gasteiger partial charge in [0.1, 0.15) is 11.3 Å². The van der Waals surface area contributed by atoms with E-state index in [9.17, 15) is 4.79 Å². The van der Waals surface area contributed by atoms with Crippen molar-refractivity contribution in [3.63, 3.8) is 0 Å². The summed E-state index contributed by atoms with van der Waals surface area (Å²) < 4.78 is 10.9. The van der Waals surface area contributed by atoms with Gasteiger partial charge in [0, 0.05) is 11.8 Å². The number of carbonyl (C=O) groups excluding carboxylic acids is 1. The van der Waals surface area contributed by atoms with Crippen LogP contribution in [0.25, 0.3) is 11.1 Å². The van der Waals surface area contributed by atoms with Gasteiger partial charge in [-0.25, -0.2) is 4.98 Å². The number of hydrogen-bond acceptors (Lipinski definition) is 5. The van der Waals surface area contributed by atoms with Gasteiger partial charge in [0.05, 0.1) is 20.2 Å². The highest BCUT2D eigenvalue weighted by molar-refractivity contribution is 5.92. The summed E-state index contributed by atoms with van der Waals surface area (Å²) in [6, 6.07) is 14.9. The molecule has 130 valence electrons. The lowest BCUT2D eigenvalue weighted by atomic mass is 10.3. The second kappa shape index (κ2) is 7.81. The average molecular weight is 339 g/mol. The number of oxazole rings is 1. The molecule has 1 N–H and O–H groups in total. The van der Waals surface area contributed by atoms with Gasteiger partial charge in [-0.1, -0.05) is 25.1 Å². The first kappa shape index (κ1) is 17.0. The van der Waals surface area contributed by atoms with E-state index in [1.165, 1.54) is 0 Å². The van der Waals surface area contributed by atoms with Gasteiger partial charge in [0.2, 0.25) is 11.8 Å². The van der Waals surface area contributed by atoms with Crippen LogP contribution in [0.5, 0.6) is 5.75 Å². The van der Waals surface area contributed by atoms with E-state index >= 15 is 0 Å². The number of aromatic nitrogens is 1. The van der Waals surface area contributed by atoms with Crippen molar-refractivity contribution in [1.29, 1.82) is 0 Å². The molecule has 0 atom stereocenters. The van der Waals surface area contributed by atoms with E-state index in [-0.39, 0.29) is 12.5 Å². The minimum atomic E-state index is -0.0915. The maximum Gasteiger partial charge on any atom is 0.238 e. The van der Waals surface area contributed by atoms with Gasteiger partial charge in [-0.05, 0) is 30.8 Å². The molecule has 0 saturated carbocycles. The Labute approximate surface area is 146 Å². The topological polar surface area (TPSA) is 67.6 Å².